The summed E-state index contributed by atoms with van der Waals surface area (Å²) in [5, 5.41) is 7.90. The fourth-order valence-corrected chi connectivity index (χ4v) is 2.56. The van der Waals surface area contributed by atoms with E-state index < -0.39 is 0 Å². The minimum absolute atomic E-state index is 0.319. The Balaban J connectivity index is 1.84. The van der Waals surface area contributed by atoms with Crippen molar-refractivity contribution >= 4 is 22.6 Å². The zero-order valence-corrected chi connectivity index (χ0v) is 13.2. The van der Waals surface area contributed by atoms with Gasteiger partial charge in [0.1, 0.15) is 34.8 Å². The second-order valence-electron chi connectivity index (χ2n) is 5.27. The Morgan fingerprint density at radius 2 is 1.84 bits per heavy atom. The monoisotopic (exact) mass is 336 g/mol. The number of rotatable bonds is 4. The van der Waals surface area contributed by atoms with Crippen molar-refractivity contribution < 1.29 is 13.7 Å². The number of benzene rings is 2. The van der Waals surface area contributed by atoms with E-state index in [1.807, 2.05) is 24.3 Å². The first-order chi connectivity index (χ1) is 12.3. The van der Waals surface area contributed by atoms with Gasteiger partial charge in [0, 0.05) is 5.56 Å². The highest BCUT2D eigenvalue weighted by atomic mass is 19.1. The van der Waals surface area contributed by atoms with Gasteiger partial charge in [-0.15, -0.1) is 0 Å². The summed E-state index contributed by atoms with van der Waals surface area (Å²) in [7, 11) is 1.60. The quantitative estimate of drug-likeness (QED) is 0.603. The Morgan fingerprint density at radius 1 is 1.04 bits per heavy atom. The highest BCUT2D eigenvalue weighted by Crippen LogP contribution is 2.34. The first-order valence-corrected chi connectivity index (χ1v) is 7.52. The van der Waals surface area contributed by atoms with E-state index in [9.17, 15) is 4.39 Å². The molecule has 0 atom stereocenters. The first-order valence-electron chi connectivity index (χ1n) is 7.52. The molecule has 0 bridgehead atoms. The van der Waals surface area contributed by atoms with Crippen molar-refractivity contribution in [2.45, 2.75) is 0 Å². The number of anilines is 2. The van der Waals surface area contributed by atoms with Gasteiger partial charge in [-0.05, 0) is 36.4 Å². The average Bonchev–Trinajstić information content (AvgIpc) is 3.08. The van der Waals surface area contributed by atoms with Gasteiger partial charge in [0.2, 0.25) is 0 Å². The summed E-state index contributed by atoms with van der Waals surface area (Å²) in [6, 6.07) is 13.5. The van der Waals surface area contributed by atoms with Crippen molar-refractivity contribution in [1.82, 2.24) is 15.1 Å². The van der Waals surface area contributed by atoms with E-state index in [2.05, 4.69) is 20.4 Å². The molecule has 0 fully saturated rings. The summed E-state index contributed by atoms with van der Waals surface area (Å²) in [4.78, 5) is 8.41. The van der Waals surface area contributed by atoms with Crippen molar-refractivity contribution in [3.8, 4) is 17.0 Å². The Kier molecular flexibility index (Phi) is 3.74. The molecule has 0 spiro atoms. The minimum Gasteiger partial charge on any atom is -0.495 e. The third-order valence-electron chi connectivity index (χ3n) is 3.75. The van der Waals surface area contributed by atoms with E-state index in [-0.39, 0.29) is 5.82 Å². The molecule has 0 aliphatic heterocycles. The summed E-state index contributed by atoms with van der Waals surface area (Å²) in [6.45, 7) is 0. The van der Waals surface area contributed by atoms with Gasteiger partial charge < -0.3 is 14.6 Å². The first kappa shape index (κ1) is 15.1. The van der Waals surface area contributed by atoms with E-state index in [1.165, 1.54) is 18.5 Å². The largest absolute Gasteiger partial charge is 0.495 e. The molecule has 124 valence electrons. The van der Waals surface area contributed by atoms with Crippen LogP contribution in [0.3, 0.4) is 0 Å². The van der Waals surface area contributed by atoms with Crippen LogP contribution in [-0.2, 0) is 0 Å². The smallest absolute Gasteiger partial charge is 0.263 e. The molecule has 0 amide bonds. The number of nitrogens with one attached hydrogen (secondary N) is 1. The van der Waals surface area contributed by atoms with Crippen LogP contribution in [0.15, 0.2) is 59.4 Å². The molecule has 4 rings (SSSR count). The SMILES string of the molecule is COc1ccccc1Nc1ncnc2onc(-c3ccc(F)cc3)c12. The Labute approximate surface area is 142 Å². The minimum atomic E-state index is -0.319. The lowest BCUT2D eigenvalue weighted by Gasteiger charge is -2.10. The van der Waals surface area contributed by atoms with Crippen LogP contribution in [0.25, 0.3) is 22.4 Å². The Hall–Kier alpha value is -3.48. The number of fused-ring (bicyclic) bond motifs is 1. The van der Waals surface area contributed by atoms with E-state index in [0.29, 0.717) is 33.9 Å². The summed E-state index contributed by atoms with van der Waals surface area (Å²) < 4.78 is 23.9. The number of hydrogen-bond donors (Lipinski definition) is 1. The molecule has 0 unspecified atom stereocenters. The normalized spacial score (nSPS) is 10.8. The molecule has 25 heavy (non-hydrogen) atoms. The van der Waals surface area contributed by atoms with Crippen LogP contribution < -0.4 is 10.1 Å². The lowest BCUT2D eigenvalue weighted by molar-refractivity contribution is 0.417. The maximum atomic E-state index is 13.2. The molecule has 0 aliphatic rings. The number of halogens is 1. The lowest BCUT2D eigenvalue weighted by Crippen LogP contribution is -1.98. The van der Waals surface area contributed by atoms with Crippen molar-refractivity contribution in [2.75, 3.05) is 12.4 Å². The fourth-order valence-electron chi connectivity index (χ4n) is 2.56. The molecule has 4 aromatic rings. The summed E-state index contributed by atoms with van der Waals surface area (Å²) in [6.07, 6.45) is 1.39. The van der Waals surface area contributed by atoms with Crippen LogP contribution in [0.2, 0.25) is 0 Å². The molecular weight excluding hydrogens is 323 g/mol. The molecule has 7 heteroatoms. The zero-order valence-electron chi connectivity index (χ0n) is 13.2. The van der Waals surface area contributed by atoms with Gasteiger partial charge in [0.25, 0.3) is 5.71 Å². The summed E-state index contributed by atoms with van der Waals surface area (Å²) >= 11 is 0. The molecule has 0 aliphatic carbocycles. The maximum absolute atomic E-state index is 13.2. The Bertz CT molecular complexity index is 1030. The molecular formula is C18H13FN4O2. The number of ether oxygens (including phenoxy) is 1. The van der Waals surface area contributed by atoms with E-state index in [1.54, 1.807) is 19.2 Å². The van der Waals surface area contributed by atoms with Gasteiger partial charge in [-0.3, -0.25) is 0 Å². The number of hydrogen-bond acceptors (Lipinski definition) is 6. The van der Waals surface area contributed by atoms with E-state index in [0.717, 1.165) is 5.69 Å². The molecule has 2 aromatic carbocycles. The number of aromatic nitrogens is 3. The third-order valence-corrected chi connectivity index (χ3v) is 3.75. The van der Waals surface area contributed by atoms with E-state index in [4.69, 9.17) is 9.26 Å². The van der Waals surface area contributed by atoms with Crippen molar-refractivity contribution in [2.24, 2.45) is 0 Å². The molecule has 2 aromatic heterocycles. The number of nitrogens with zero attached hydrogens (tertiary/aromatic N) is 3. The van der Waals surface area contributed by atoms with Crippen LogP contribution in [0.1, 0.15) is 0 Å². The van der Waals surface area contributed by atoms with Gasteiger partial charge in [-0.25, -0.2) is 9.37 Å². The zero-order chi connectivity index (χ0) is 17.2. The van der Waals surface area contributed by atoms with Gasteiger partial charge in [-0.1, -0.05) is 17.3 Å². The number of para-hydroxylation sites is 2. The summed E-state index contributed by atoms with van der Waals surface area (Å²) in [5.41, 5.74) is 2.33. The van der Waals surface area contributed by atoms with Crippen LogP contribution in [0, 0.1) is 5.82 Å². The second kappa shape index (κ2) is 6.20. The molecule has 1 N–H and O–H groups in total. The van der Waals surface area contributed by atoms with Crippen LogP contribution in [0.4, 0.5) is 15.9 Å². The van der Waals surface area contributed by atoms with Crippen molar-refractivity contribution in [3.05, 3.63) is 60.7 Å². The predicted molar refractivity (Wildman–Crippen MR) is 91.3 cm³/mol. The van der Waals surface area contributed by atoms with Crippen LogP contribution in [0.5, 0.6) is 5.75 Å². The van der Waals surface area contributed by atoms with Gasteiger partial charge in [0.05, 0.1) is 12.8 Å². The van der Waals surface area contributed by atoms with E-state index >= 15 is 0 Å². The second-order valence-corrected chi connectivity index (χ2v) is 5.27. The van der Waals surface area contributed by atoms with Gasteiger partial charge >= 0.3 is 0 Å². The standard InChI is InChI=1S/C18H13FN4O2/c1-24-14-5-3-2-4-13(14)22-17-15-16(11-6-8-12(19)9-7-11)23-25-18(15)21-10-20-17/h2-10H,1H3,(H,20,21,22). The van der Waals surface area contributed by atoms with Crippen molar-refractivity contribution in [1.29, 1.82) is 0 Å². The molecule has 0 saturated heterocycles. The molecule has 6 nitrogen and oxygen atoms in total. The highest BCUT2D eigenvalue weighted by Gasteiger charge is 2.17. The van der Waals surface area contributed by atoms with Crippen molar-refractivity contribution in [3.63, 3.8) is 0 Å². The van der Waals surface area contributed by atoms with Gasteiger partial charge in [0.15, 0.2) is 0 Å². The predicted octanol–water partition coefficient (Wildman–Crippen LogP) is 4.18. The fraction of sp³-hybridized carbons (Fsp3) is 0.0556. The lowest BCUT2D eigenvalue weighted by atomic mass is 10.1. The topological polar surface area (TPSA) is 73.1 Å². The average molecular weight is 336 g/mol. The molecule has 2 heterocycles. The van der Waals surface area contributed by atoms with Crippen LogP contribution >= 0.6 is 0 Å². The van der Waals surface area contributed by atoms with Gasteiger partial charge in [-0.2, -0.15) is 4.98 Å². The maximum Gasteiger partial charge on any atom is 0.263 e. The Morgan fingerprint density at radius 3 is 2.64 bits per heavy atom. The van der Waals surface area contributed by atoms with Crippen LogP contribution in [-0.4, -0.2) is 22.2 Å². The molecule has 0 radical (unpaired) electrons. The summed E-state index contributed by atoms with van der Waals surface area (Å²) in [5.74, 6) is 0.879. The highest BCUT2D eigenvalue weighted by molar-refractivity contribution is 5.98. The number of methoxy groups -OCH3 is 1. The molecule has 0 saturated carbocycles. The third kappa shape index (κ3) is 2.76.